The van der Waals surface area contributed by atoms with E-state index in [4.69, 9.17) is 10.2 Å². The Labute approximate surface area is 97.3 Å². The number of aromatic amines is 1. The van der Waals surface area contributed by atoms with E-state index in [1.165, 1.54) is 13.1 Å². The van der Waals surface area contributed by atoms with Gasteiger partial charge in [0.15, 0.2) is 5.78 Å². The van der Waals surface area contributed by atoms with Crippen molar-refractivity contribution in [2.75, 3.05) is 0 Å². The van der Waals surface area contributed by atoms with Gasteiger partial charge in [0, 0.05) is 19.5 Å². The highest BCUT2D eigenvalue weighted by atomic mass is 16.4. The van der Waals surface area contributed by atoms with Gasteiger partial charge in [-0.3, -0.25) is 14.4 Å². The lowest BCUT2D eigenvalue weighted by molar-refractivity contribution is -0.137. The predicted molar refractivity (Wildman–Crippen MR) is 58.1 cm³/mol. The number of rotatable bonds is 6. The lowest BCUT2D eigenvalue weighted by Gasteiger charge is -2.02. The molecule has 92 valence electrons. The number of Topliss-reactive ketones (excluding diaryl/α,β-unsaturated/α-hetero) is 1. The fourth-order valence-electron chi connectivity index (χ4n) is 1.63. The third-order valence-electron chi connectivity index (χ3n) is 2.37. The van der Waals surface area contributed by atoms with Crippen molar-refractivity contribution in [1.82, 2.24) is 4.98 Å². The maximum Gasteiger partial charge on any atom is 0.307 e. The third-order valence-corrected chi connectivity index (χ3v) is 2.37. The van der Waals surface area contributed by atoms with Gasteiger partial charge in [0.25, 0.3) is 0 Å². The van der Waals surface area contributed by atoms with E-state index in [9.17, 15) is 14.4 Å². The molecule has 0 aliphatic rings. The Kier molecular flexibility index (Phi) is 4.03. The van der Waals surface area contributed by atoms with Crippen LogP contribution in [-0.4, -0.2) is 32.9 Å². The first kappa shape index (κ1) is 13.0. The fraction of sp³-hybridized carbons (Fsp3) is 0.364. The maximum absolute atomic E-state index is 11.3. The summed E-state index contributed by atoms with van der Waals surface area (Å²) in [6.07, 6.45) is 1.33. The Bertz CT molecular complexity index is 460. The minimum Gasteiger partial charge on any atom is -0.481 e. The number of H-pyrrole nitrogens is 1. The van der Waals surface area contributed by atoms with Crippen LogP contribution >= 0.6 is 0 Å². The number of carbonyl (C=O) groups excluding carboxylic acids is 1. The summed E-state index contributed by atoms with van der Waals surface area (Å²) >= 11 is 0. The molecule has 0 aromatic carbocycles. The standard InChI is InChI=1S/C11H13NO5/c1-6(13)11-8(4-10(16)17)7(5-12-11)2-3-9(14)15/h5,12H,2-4H2,1H3,(H,14,15)(H,16,17). The second-order valence-electron chi connectivity index (χ2n) is 3.69. The molecule has 0 aliphatic heterocycles. The van der Waals surface area contributed by atoms with E-state index in [0.717, 1.165) is 0 Å². The Hall–Kier alpha value is -2.11. The lowest BCUT2D eigenvalue weighted by Crippen LogP contribution is -2.08. The monoisotopic (exact) mass is 239 g/mol. The molecule has 0 bridgehead atoms. The number of carbonyl (C=O) groups is 3. The van der Waals surface area contributed by atoms with Crippen LogP contribution in [0, 0.1) is 0 Å². The van der Waals surface area contributed by atoms with Gasteiger partial charge in [0.1, 0.15) is 0 Å². The molecule has 0 atom stereocenters. The number of aliphatic carboxylic acids is 2. The fourth-order valence-corrected chi connectivity index (χ4v) is 1.63. The van der Waals surface area contributed by atoms with Gasteiger partial charge in [-0.2, -0.15) is 0 Å². The second kappa shape index (κ2) is 5.29. The highest BCUT2D eigenvalue weighted by molar-refractivity contribution is 5.95. The van der Waals surface area contributed by atoms with Crippen LogP contribution < -0.4 is 0 Å². The molecule has 0 aliphatic carbocycles. The largest absolute Gasteiger partial charge is 0.481 e. The summed E-state index contributed by atoms with van der Waals surface area (Å²) in [5, 5.41) is 17.3. The molecule has 6 heteroatoms. The Morgan fingerprint density at radius 1 is 1.24 bits per heavy atom. The van der Waals surface area contributed by atoms with E-state index in [0.29, 0.717) is 11.1 Å². The summed E-state index contributed by atoms with van der Waals surface area (Å²) in [5.41, 5.74) is 1.19. The topological polar surface area (TPSA) is 107 Å². The van der Waals surface area contributed by atoms with Crippen LogP contribution in [0.2, 0.25) is 0 Å². The third kappa shape index (κ3) is 3.44. The van der Waals surface area contributed by atoms with Gasteiger partial charge in [-0.1, -0.05) is 0 Å². The Morgan fingerprint density at radius 2 is 1.88 bits per heavy atom. The van der Waals surface area contributed by atoms with Crippen molar-refractivity contribution in [3.05, 3.63) is 23.0 Å². The molecule has 1 heterocycles. The first-order valence-corrected chi connectivity index (χ1v) is 5.05. The zero-order valence-corrected chi connectivity index (χ0v) is 9.32. The van der Waals surface area contributed by atoms with E-state index in [-0.39, 0.29) is 30.7 Å². The molecule has 0 unspecified atom stereocenters. The SMILES string of the molecule is CC(=O)c1[nH]cc(CCC(=O)O)c1CC(=O)O. The maximum atomic E-state index is 11.3. The Balaban J connectivity index is 2.99. The van der Waals surface area contributed by atoms with Crippen LogP contribution in [0.5, 0.6) is 0 Å². The first-order valence-electron chi connectivity index (χ1n) is 5.05. The molecular weight excluding hydrogens is 226 g/mol. The van der Waals surface area contributed by atoms with Crippen molar-refractivity contribution in [1.29, 1.82) is 0 Å². The lowest BCUT2D eigenvalue weighted by atomic mass is 10.0. The summed E-state index contributed by atoms with van der Waals surface area (Å²) in [4.78, 5) is 35.1. The van der Waals surface area contributed by atoms with Gasteiger partial charge >= 0.3 is 11.9 Å². The van der Waals surface area contributed by atoms with Crippen LogP contribution in [0.15, 0.2) is 6.20 Å². The van der Waals surface area contributed by atoms with Gasteiger partial charge < -0.3 is 15.2 Å². The van der Waals surface area contributed by atoms with E-state index < -0.39 is 11.9 Å². The summed E-state index contributed by atoms with van der Waals surface area (Å²) in [7, 11) is 0. The molecule has 3 N–H and O–H groups in total. The molecular formula is C11H13NO5. The quantitative estimate of drug-likeness (QED) is 0.638. The predicted octanol–water partition coefficient (Wildman–Crippen LogP) is 0.862. The Morgan fingerprint density at radius 3 is 2.35 bits per heavy atom. The zero-order valence-electron chi connectivity index (χ0n) is 9.32. The first-order chi connectivity index (χ1) is 7.91. The normalized spacial score (nSPS) is 10.2. The molecule has 0 radical (unpaired) electrons. The molecule has 17 heavy (non-hydrogen) atoms. The smallest absolute Gasteiger partial charge is 0.307 e. The summed E-state index contributed by atoms with van der Waals surface area (Å²) in [5.74, 6) is -2.27. The molecule has 6 nitrogen and oxygen atoms in total. The summed E-state index contributed by atoms with van der Waals surface area (Å²) in [6.45, 7) is 1.33. The number of aromatic nitrogens is 1. The molecule has 0 saturated heterocycles. The summed E-state index contributed by atoms with van der Waals surface area (Å²) < 4.78 is 0. The van der Waals surface area contributed by atoms with Gasteiger partial charge in [-0.15, -0.1) is 0 Å². The molecule has 0 saturated carbocycles. The highest BCUT2D eigenvalue weighted by Crippen LogP contribution is 2.17. The van der Waals surface area contributed by atoms with Crippen molar-refractivity contribution < 1.29 is 24.6 Å². The van der Waals surface area contributed by atoms with Crippen molar-refractivity contribution in [3.63, 3.8) is 0 Å². The minimum absolute atomic E-state index is 0.0954. The van der Waals surface area contributed by atoms with Crippen LogP contribution in [0.4, 0.5) is 0 Å². The number of ketones is 1. The van der Waals surface area contributed by atoms with Crippen molar-refractivity contribution >= 4 is 17.7 Å². The molecule has 1 aromatic rings. The number of carboxylic acid groups (broad SMARTS) is 2. The number of aryl methyl sites for hydroxylation is 1. The minimum atomic E-state index is -1.05. The number of nitrogens with one attached hydrogen (secondary N) is 1. The second-order valence-corrected chi connectivity index (χ2v) is 3.69. The molecule has 0 fully saturated rings. The van der Waals surface area contributed by atoms with E-state index >= 15 is 0 Å². The van der Waals surface area contributed by atoms with Crippen LogP contribution in [0.25, 0.3) is 0 Å². The molecule has 0 amide bonds. The average Bonchev–Trinajstić information content (AvgIpc) is 2.57. The molecule has 1 aromatic heterocycles. The number of carboxylic acids is 2. The van der Waals surface area contributed by atoms with Crippen LogP contribution in [-0.2, 0) is 22.4 Å². The van der Waals surface area contributed by atoms with E-state index in [1.807, 2.05) is 0 Å². The van der Waals surface area contributed by atoms with Gasteiger partial charge in [-0.05, 0) is 17.5 Å². The molecule has 0 spiro atoms. The van der Waals surface area contributed by atoms with Gasteiger partial charge in [0.05, 0.1) is 12.1 Å². The summed E-state index contributed by atoms with van der Waals surface area (Å²) in [6, 6.07) is 0. The van der Waals surface area contributed by atoms with Gasteiger partial charge in [0.2, 0.25) is 0 Å². The van der Waals surface area contributed by atoms with E-state index in [2.05, 4.69) is 4.98 Å². The van der Waals surface area contributed by atoms with E-state index in [1.54, 1.807) is 0 Å². The van der Waals surface area contributed by atoms with Crippen molar-refractivity contribution in [3.8, 4) is 0 Å². The van der Waals surface area contributed by atoms with Crippen LogP contribution in [0.3, 0.4) is 0 Å². The average molecular weight is 239 g/mol. The zero-order chi connectivity index (χ0) is 13.0. The van der Waals surface area contributed by atoms with Crippen molar-refractivity contribution in [2.24, 2.45) is 0 Å². The number of hydrogen-bond acceptors (Lipinski definition) is 3. The van der Waals surface area contributed by atoms with Gasteiger partial charge in [-0.25, -0.2) is 0 Å². The van der Waals surface area contributed by atoms with Crippen LogP contribution in [0.1, 0.15) is 35.0 Å². The highest BCUT2D eigenvalue weighted by Gasteiger charge is 2.17. The molecule has 1 rings (SSSR count). The van der Waals surface area contributed by atoms with Crippen molar-refractivity contribution in [2.45, 2.75) is 26.2 Å². The number of hydrogen-bond donors (Lipinski definition) is 3.